The van der Waals surface area contributed by atoms with Gasteiger partial charge < -0.3 is 24.3 Å². The lowest BCUT2D eigenvalue weighted by molar-refractivity contribution is 0.283. The number of methoxy groups -OCH3 is 2. The summed E-state index contributed by atoms with van der Waals surface area (Å²) >= 11 is 0. The number of rotatable bonds is 11. The first kappa shape index (κ1) is 25.7. The fraction of sp³-hybridized carbons (Fsp3) is 0.273. The van der Waals surface area contributed by atoms with Crippen molar-refractivity contribution in [3.05, 3.63) is 119 Å². The zero-order chi connectivity index (χ0) is 26.2. The molecule has 0 saturated carbocycles. The maximum absolute atomic E-state index is 6.16. The number of ether oxygens (including phenoxy) is 4. The molecule has 1 aliphatic rings. The van der Waals surface area contributed by atoms with E-state index >= 15 is 0 Å². The summed E-state index contributed by atoms with van der Waals surface area (Å²) in [6, 6.07) is 31.2. The van der Waals surface area contributed by atoms with Crippen LogP contribution in [-0.2, 0) is 26.1 Å². The highest BCUT2D eigenvalue weighted by Crippen LogP contribution is 2.37. The number of hydrogen-bond donors (Lipinski definition) is 1. The Morgan fingerprint density at radius 3 is 1.92 bits per heavy atom. The smallest absolute Gasteiger partial charge is 0.161 e. The van der Waals surface area contributed by atoms with Crippen molar-refractivity contribution < 1.29 is 18.9 Å². The standard InChI is InChI=1S/C33H35NO4/c1-35-30-16-14-24(19-32(30)37-22-25-9-5-3-6-10-25)13-15-29-28-21-31(36-2)33(20-27(28)17-18-34-29)38-23-26-11-7-4-8-12-26/h3-12,14,16,19-21,29,34H,13,15,17-18,22-23H2,1-2H3. The van der Waals surface area contributed by atoms with Gasteiger partial charge in [0.25, 0.3) is 0 Å². The van der Waals surface area contributed by atoms with Crippen LogP contribution >= 0.6 is 0 Å². The first-order chi connectivity index (χ1) is 18.7. The molecule has 0 bridgehead atoms. The van der Waals surface area contributed by atoms with E-state index in [1.165, 1.54) is 16.7 Å². The van der Waals surface area contributed by atoms with Crippen LogP contribution in [0.3, 0.4) is 0 Å². The van der Waals surface area contributed by atoms with Gasteiger partial charge in [-0.15, -0.1) is 0 Å². The molecule has 0 aromatic heterocycles. The summed E-state index contributed by atoms with van der Waals surface area (Å²) in [5, 5.41) is 3.71. The van der Waals surface area contributed by atoms with Gasteiger partial charge in [-0.25, -0.2) is 0 Å². The van der Waals surface area contributed by atoms with Gasteiger partial charge in [0.2, 0.25) is 0 Å². The van der Waals surface area contributed by atoms with Gasteiger partial charge in [-0.2, -0.15) is 0 Å². The second kappa shape index (κ2) is 12.5. The van der Waals surface area contributed by atoms with Crippen molar-refractivity contribution in [3.8, 4) is 23.0 Å². The van der Waals surface area contributed by atoms with Crippen LogP contribution in [0.25, 0.3) is 0 Å². The van der Waals surface area contributed by atoms with Crippen molar-refractivity contribution in [2.45, 2.75) is 38.5 Å². The van der Waals surface area contributed by atoms with E-state index in [1.807, 2.05) is 42.5 Å². The lowest BCUT2D eigenvalue weighted by Crippen LogP contribution is -2.30. The second-order valence-corrected chi connectivity index (χ2v) is 9.53. The molecule has 5 nitrogen and oxygen atoms in total. The van der Waals surface area contributed by atoms with Crippen LogP contribution in [0, 0.1) is 0 Å². The lowest BCUT2D eigenvalue weighted by Gasteiger charge is -2.28. The summed E-state index contributed by atoms with van der Waals surface area (Å²) < 4.78 is 23.6. The molecule has 1 aliphatic heterocycles. The Labute approximate surface area is 225 Å². The maximum Gasteiger partial charge on any atom is 0.161 e. The Morgan fingerprint density at radius 2 is 1.29 bits per heavy atom. The highest BCUT2D eigenvalue weighted by molar-refractivity contribution is 5.50. The molecule has 0 radical (unpaired) electrons. The van der Waals surface area contributed by atoms with Crippen molar-refractivity contribution in [2.24, 2.45) is 0 Å². The van der Waals surface area contributed by atoms with Crippen LogP contribution in [0.5, 0.6) is 23.0 Å². The average molecular weight is 510 g/mol. The van der Waals surface area contributed by atoms with Gasteiger partial charge in [-0.3, -0.25) is 0 Å². The first-order valence-corrected chi connectivity index (χ1v) is 13.2. The fourth-order valence-corrected chi connectivity index (χ4v) is 4.95. The molecule has 196 valence electrons. The zero-order valence-corrected chi connectivity index (χ0v) is 22.1. The zero-order valence-electron chi connectivity index (χ0n) is 22.1. The summed E-state index contributed by atoms with van der Waals surface area (Å²) in [6.45, 7) is 1.96. The molecule has 1 unspecified atom stereocenters. The molecule has 5 heteroatoms. The number of nitrogens with one attached hydrogen (secondary N) is 1. The minimum absolute atomic E-state index is 0.242. The molecule has 0 fully saturated rings. The minimum Gasteiger partial charge on any atom is -0.493 e. The van der Waals surface area contributed by atoms with Crippen LogP contribution in [0.2, 0.25) is 0 Å². The van der Waals surface area contributed by atoms with E-state index < -0.39 is 0 Å². The van der Waals surface area contributed by atoms with Gasteiger partial charge in [-0.05, 0) is 77.9 Å². The summed E-state index contributed by atoms with van der Waals surface area (Å²) in [4.78, 5) is 0. The first-order valence-electron chi connectivity index (χ1n) is 13.2. The van der Waals surface area contributed by atoms with Gasteiger partial charge in [0.1, 0.15) is 13.2 Å². The van der Waals surface area contributed by atoms with Crippen molar-refractivity contribution in [3.63, 3.8) is 0 Å². The highest BCUT2D eigenvalue weighted by atomic mass is 16.5. The minimum atomic E-state index is 0.242. The Balaban J connectivity index is 1.27. The third kappa shape index (κ3) is 6.29. The SMILES string of the molecule is COc1ccc(CCC2NCCc3cc(OCc4ccccc4)c(OC)cc32)cc1OCc1ccccc1. The third-order valence-corrected chi connectivity index (χ3v) is 7.01. The van der Waals surface area contributed by atoms with Crippen LogP contribution in [0.15, 0.2) is 91.0 Å². The molecular formula is C33H35NO4. The molecule has 1 heterocycles. The molecule has 1 N–H and O–H groups in total. The molecule has 38 heavy (non-hydrogen) atoms. The molecule has 0 saturated heterocycles. The molecule has 4 aromatic carbocycles. The van der Waals surface area contributed by atoms with Crippen LogP contribution in [0.1, 0.15) is 40.3 Å². The van der Waals surface area contributed by atoms with Gasteiger partial charge in [0.15, 0.2) is 23.0 Å². The van der Waals surface area contributed by atoms with Gasteiger partial charge in [0, 0.05) is 6.04 Å². The monoisotopic (exact) mass is 509 g/mol. The van der Waals surface area contributed by atoms with Crippen molar-refractivity contribution >= 4 is 0 Å². The van der Waals surface area contributed by atoms with Gasteiger partial charge in [0.05, 0.1) is 14.2 Å². The molecular weight excluding hydrogens is 474 g/mol. The van der Waals surface area contributed by atoms with E-state index in [1.54, 1.807) is 14.2 Å². The lowest BCUT2D eigenvalue weighted by atomic mass is 9.90. The average Bonchev–Trinajstić information content (AvgIpc) is 2.98. The largest absolute Gasteiger partial charge is 0.493 e. The Kier molecular flexibility index (Phi) is 8.46. The predicted octanol–water partition coefficient (Wildman–Crippen LogP) is 6.68. The second-order valence-electron chi connectivity index (χ2n) is 9.53. The molecule has 0 amide bonds. The van der Waals surface area contributed by atoms with Crippen LogP contribution in [-0.4, -0.2) is 20.8 Å². The van der Waals surface area contributed by atoms with E-state index in [-0.39, 0.29) is 6.04 Å². The van der Waals surface area contributed by atoms with Gasteiger partial charge >= 0.3 is 0 Å². The van der Waals surface area contributed by atoms with Crippen molar-refractivity contribution in [1.29, 1.82) is 0 Å². The molecule has 1 atom stereocenters. The molecule has 5 rings (SSSR count). The summed E-state index contributed by atoms with van der Waals surface area (Å²) in [5.74, 6) is 3.09. The van der Waals surface area contributed by atoms with E-state index in [2.05, 4.69) is 53.8 Å². The highest BCUT2D eigenvalue weighted by Gasteiger charge is 2.23. The molecule has 0 spiro atoms. The summed E-state index contributed by atoms with van der Waals surface area (Å²) in [5.41, 5.74) is 6.09. The van der Waals surface area contributed by atoms with E-state index in [9.17, 15) is 0 Å². The summed E-state index contributed by atoms with van der Waals surface area (Å²) in [7, 11) is 3.38. The Bertz CT molecular complexity index is 1320. The quantitative estimate of drug-likeness (QED) is 0.244. The number of benzene rings is 4. The van der Waals surface area contributed by atoms with Crippen molar-refractivity contribution in [2.75, 3.05) is 20.8 Å². The third-order valence-electron chi connectivity index (χ3n) is 7.01. The van der Waals surface area contributed by atoms with E-state index in [0.29, 0.717) is 13.2 Å². The Hall–Kier alpha value is -3.96. The number of hydrogen-bond acceptors (Lipinski definition) is 5. The number of fused-ring (bicyclic) bond motifs is 1. The normalized spacial score (nSPS) is 14.4. The maximum atomic E-state index is 6.16. The number of aryl methyl sites for hydroxylation is 1. The van der Waals surface area contributed by atoms with E-state index in [0.717, 1.165) is 59.9 Å². The molecule has 0 aliphatic carbocycles. The van der Waals surface area contributed by atoms with Crippen molar-refractivity contribution in [1.82, 2.24) is 5.32 Å². The topological polar surface area (TPSA) is 49.0 Å². The summed E-state index contributed by atoms with van der Waals surface area (Å²) in [6.07, 6.45) is 2.85. The fourth-order valence-electron chi connectivity index (χ4n) is 4.95. The van der Waals surface area contributed by atoms with E-state index in [4.69, 9.17) is 18.9 Å². The molecule has 4 aromatic rings. The predicted molar refractivity (Wildman–Crippen MR) is 150 cm³/mol. The Morgan fingerprint density at radius 1 is 0.658 bits per heavy atom. The van der Waals surface area contributed by atoms with Crippen LogP contribution in [0.4, 0.5) is 0 Å². The van der Waals surface area contributed by atoms with Crippen LogP contribution < -0.4 is 24.3 Å². The van der Waals surface area contributed by atoms with Gasteiger partial charge in [-0.1, -0.05) is 66.7 Å².